The number of oxime groups is 1. The van der Waals surface area contributed by atoms with E-state index in [2.05, 4.69) is 10.5 Å². The van der Waals surface area contributed by atoms with Crippen LogP contribution in [0.4, 0.5) is 10.1 Å². The molecule has 0 saturated heterocycles. The number of anilines is 1. The monoisotopic (exact) mass is 358 g/mol. The van der Waals surface area contributed by atoms with Gasteiger partial charge in [0.05, 0.1) is 18.4 Å². The zero-order valence-electron chi connectivity index (χ0n) is 14.3. The molecule has 26 heavy (non-hydrogen) atoms. The molecular formula is C19H19FN2O4. The van der Waals surface area contributed by atoms with Crippen LogP contribution in [0.1, 0.15) is 29.3 Å². The number of nitrogens with one attached hydrogen (secondary N) is 1. The number of nitrogens with zero attached hydrogens (tertiary/aromatic N) is 1. The topological polar surface area (TPSA) is 77.0 Å². The Morgan fingerprint density at radius 2 is 1.96 bits per heavy atom. The Morgan fingerprint density at radius 3 is 2.65 bits per heavy atom. The molecule has 2 aromatic rings. The van der Waals surface area contributed by atoms with Gasteiger partial charge in [0.15, 0.2) is 6.61 Å². The van der Waals surface area contributed by atoms with Crippen LogP contribution in [-0.2, 0) is 14.4 Å². The van der Waals surface area contributed by atoms with Crippen LogP contribution in [0.25, 0.3) is 0 Å². The minimum absolute atomic E-state index is 0.299. The van der Waals surface area contributed by atoms with Crippen molar-refractivity contribution in [3.63, 3.8) is 0 Å². The van der Waals surface area contributed by atoms with Crippen molar-refractivity contribution >= 4 is 23.8 Å². The van der Waals surface area contributed by atoms with E-state index in [0.717, 1.165) is 6.42 Å². The van der Waals surface area contributed by atoms with Crippen LogP contribution in [0.15, 0.2) is 53.7 Å². The molecule has 7 heteroatoms. The van der Waals surface area contributed by atoms with Gasteiger partial charge in [-0.2, -0.15) is 0 Å². The van der Waals surface area contributed by atoms with Crippen molar-refractivity contribution in [3.05, 3.63) is 65.5 Å². The lowest BCUT2D eigenvalue weighted by atomic mass is 10.2. The van der Waals surface area contributed by atoms with Crippen molar-refractivity contribution in [1.29, 1.82) is 0 Å². The van der Waals surface area contributed by atoms with E-state index in [4.69, 9.17) is 9.57 Å². The van der Waals surface area contributed by atoms with E-state index >= 15 is 0 Å². The summed E-state index contributed by atoms with van der Waals surface area (Å²) in [5.74, 6) is -1.20. The smallest absolute Gasteiger partial charge is 0.338 e. The van der Waals surface area contributed by atoms with Crippen molar-refractivity contribution in [2.24, 2.45) is 5.16 Å². The minimum atomic E-state index is -0.414. The molecule has 0 unspecified atom stereocenters. The van der Waals surface area contributed by atoms with E-state index in [1.165, 1.54) is 18.3 Å². The van der Waals surface area contributed by atoms with E-state index in [0.29, 0.717) is 23.4 Å². The van der Waals surface area contributed by atoms with Crippen molar-refractivity contribution in [3.8, 4) is 0 Å². The molecule has 0 spiro atoms. The van der Waals surface area contributed by atoms with Crippen molar-refractivity contribution in [2.75, 3.05) is 18.5 Å². The molecule has 136 valence electrons. The maximum Gasteiger partial charge on any atom is 0.338 e. The quantitative estimate of drug-likeness (QED) is 0.446. The van der Waals surface area contributed by atoms with Crippen molar-refractivity contribution in [1.82, 2.24) is 0 Å². The molecule has 0 heterocycles. The maximum absolute atomic E-state index is 13.0. The van der Waals surface area contributed by atoms with E-state index in [9.17, 15) is 14.0 Å². The van der Waals surface area contributed by atoms with Gasteiger partial charge in [0.2, 0.25) is 0 Å². The molecule has 2 rings (SSSR count). The zero-order valence-corrected chi connectivity index (χ0v) is 14.3. The Kier molecular flexibility index (Phi) is 7.30. The van der Waals surface area contributed by atoms with Crippen LogP contribution in [0.5, 0.6) is 0 Å². The number of amides is 1. The summed E-state index contributed by atoms with van der Waals surface area (Å²) >= 11 is 0. The van der Waals surface area contributed by atoms with Crippen LogP contribution in [0.2, 0.25) is 0 Å². The second-order valence-electron chi connectivity index (χ2n) is 5.32. The van der Waals surface area contributed by atoms with Gasteiger partial charge in [0.1, 0.15) is 5.82 Å². The average Bonchev–Trinajstić information content (AvgIpc) is 2.64. The predicted octanol–water partition coefficient (Wildman–Crippen LogP) is 3.38. The van der Waals surface area contributed by atoms with Crippen LogP contribution < -0.4 is 5.32 Å². The van der Waals surface area contributed by atoms with Crippen LogP contribution >= 0.6 is 0 Å². The van der Waals surface area contributed by atoms with Gasteiger partial charge >= 0.3 is 5.97 Å². The summed E-state index contributed by atoms with van der Waals surface area (Å²) in [5, 5.41) is 6.23. The molecular weight excluding hydrogens is 339 g/mol. The maximum atomic E-state index is 13.0. The second kappa shape index (κ2) is 9.93. The highest BCUT2D eigenvalue weighted by molar-refractivity contribution is 5.93. The number of esters is 1. The first kappa shape index (κ1) is 19.1. The predicted molar refractivity (Wildman–Crippen MR) is 95.6 cm³/mol. The molecule has 1 amide bonds. The molecule has 0 aromatic heterocycles. The molecule has 0 fully saturated rings. The number of hydrogen-bond acceptors (Lipinski definition) is 5. The number of carbonyl (C=O) groups excluding carboxylic acids is 2. The normalized spacial score (nSPS) is 10.5. The highest BCUT2D eigenvalue weighted by Crippen LogP contribution is 2.10. The Balaban J connectivity index is 1.77. The fraction of sp³-hybridized carbons (Fsp3) is 0.211. The summed E-state index contributed by atoms with van der Waals surface area (Å²) in [6.07, 6.45) is 2.06. The number of carbonyl (C=O) groups is 2. The lowest BCUT2D eigenvalue weighted by Crippen LogP contribution is -2.17. The lowest BCUT2D eigenvalue weighted by Gasteiger charge is -2.06. The third kappa shape index (κ3) is 6.35. The number of ether oxygens (including phenoxy) is 1. The van der Waals surface area contributed by atoms with Gasteiger partial charge in [0, 0.05) is 5.69 Å². The summed E-state index contributed by atoms with van der Waals surface area (Å²) < 4.78 is 18.0. The number of rotatable bonds is 8. The Hall–Kier alpha value is -3.22. The highest BCUT2D eigenvalue weighted by Gasteiger charge is 2.07. The zero-order chi connectivity index (χ0) is 18.8. The van der Waals surface area contributed by atoms with Crippen LogP contribution in [0.3, 0.4) is 0 Å². The Labute approximate surface area is 150 Å². The molecule has 6 nitrogen and oxygen atoms in total. The summed E-state index contributed by atoms with van der Waals surface area (Å²) in [6.45, 7) is 1.98. The van der Waals surface area contributed by atoms with Gasteiger partial charge < -0.3 is 14.9 Å². The molecule has 0 bridgehead atoms. The summed E-state index contributed by atoms with van der Waals surface area (Å²) in [7, 11) is 0. The number of halogens is 1. The third-order valence-corrected chi connectivity index (χ3v) is 3.16. The Bertz CT molecular complexity index is 775. The largest absolute Gasteiger partial charge is 0.462 e. The molecule has 0 saturated carbocycles. The highest BCUT2D eigenvalue weighted by atomic mass is 19.1. The summed E-state index contributed by atoms with van der Waals surface area (Å²) in [5.41, 5.74) is 1.45. The van der Waals surface area contributed by atoms with Crippen LogP contribution in [0, 0.1) is 5.82 Å². The van der Waals surface area contributed by atoms with Gasteiger partial charge in [-0.15, -0.1) is 0 Å². The van der Waals surface area contributed by atoms with Gasteiger partial charge in [-0.3, -0.25) is 4.79 Å². The summed E-state index contributed by atoms with van der Waals surface area (Å²) in [4.78, 5) is 28.3. The molecule has 0 aliphatic heterocycles. The van der Waals surface area contributed by atoms with Gasteiger partial charge in [-0.25, -0.2) is 9.18 Å². The minimum Gasteiger partial charge on any atom is -0.462 e. The van der Waals surface area contributed by atoms with Crippen LogP contribution in [-0.4, -0.2) is 31.3 Å². The van der Waals surface area contributed by atoms with Gasteiger partial charge in [-0.1, -0.05) is 24.2 Å². The van der Waals surface area contributed by atoms with Gasteiger partial charge in [0.25, 0.3) is 5.91 Å². The van der Waals surface area contributed by atoms with Crippen molar-refractivity contribution in [2.45, 2.75) is 13.3 Å². The standard InChI is InChI=1S/C19H19FN2O4/c1-2-10-25-19(24)15-6-8-17(9-7-15)22-18(23)13-26-21-12-14-4-3-5-16(20)11-14/h3-9,11-12H,2,10,13H2,1H3,(H,22,23)/b21-12-. The first-order chi connectivity index (χ1) is 12.6. The molecule has 0 aliphatic carbocycles. The third-order valence-electron chi connectivity index (χ3n) is 3.16. The molecule has 2 aromatic carbocycles. The SMILES string of the molecule is CCCOC(=O)c1ccc(NC(=O)CO/N=C\c2cccc(F)c2)cc1. The lowest BCUT2D eigenvalue weighted by molar-refractivity contribution is -0.120. The fourth-order valence-electron chi connectivity index (χ4n) is 1.95. The van der Waals surface area contributed by atoms with E-state index < -0.39 is 11.9 Å². The Morgan fingerprint density at radius 1 is 1.19 bits per heavy atom. The molecule has 0 atom stereocenters. The molecule has 0 radical (unpaired) electrons. The van der Waals surface area contributed by atoms with E-state index in [-0.39, 0.29) is 12.4 Å². The second-order valence-corrected chi connectivity index (χ2v) is 5.32. The first-order valence-corrected chi connectivity index (χ1v) is 8.06. The molecule has 1 N–H and O–H groups in total. The van der Waals surface area contributed by atoms with Gasteiger partial charge in [-0.05, 0) is 48.4 Å². The number of hydrogen-bond donors (Lipinski definition) is 1. The first-order valence-electron chi connectivity index (χ1n) is 8.06. The molecule has 0 aliphatic rings. The fourth-order valence-corrected chi connectivity index (χ4v) is 1.95. The number of benzene rings is 2. The van der Waals surface area contributed by atoms with E-state index in [1.807, 2.05) is 6.92 Å². The summed E-state index contributed by atoms with van der Waals surface area (Å²) in [6, 6.07) is 12.1. The average molecular weight is 358 g/mol. The van der Waals surface area contributed by atoms with E-state index in [1.54, 1.807) is 36.4 Å². The van der Waals surface area contributed by atoms with Crippen molar-refractivity contribution < 1.29 is 23.6 Å².